The second-order valence-corrected chi connectivity index (χ2v) is 7.52. The van der Waals surface area contributed by atoms with Crippen LogP contribution in [0.1, 0.15) is 0 Å². The summed E-state index contributed by atoms with van der Waals surface area (Å²) >= 11 is 7.05. The van der Waals surface area contributed by atoms with Crippen LogP contribution in [0.4, 0.5) is 5.69 Å². The van der Waals surface area contributed by atoms with Gasteiger partial charge in [-0.2, -0.15) is 0 Å². The maximum absolute atomic E-state index is 12.2. The summed E-state index contributed by atoms with van der Waals surface area (Å²) in [6.07, 6.45) is 0. The van der Waals surface area contributed by atoms with Gasteiger partial charge in [0.1, 0.15) is 11.5 Å². The van der Waals surface area contributed by atoms with E-state index >= 15 is 0 Å². The van der Waals surface area contributed by atoms with Crippen LogP contribution in [-0.2, 0) is 4.79 Å². The van der Waals surface area contributed by atoms with Crippen LogP contribution in [0.3, 0.4) is 0 Å². The minimum atomic E-state index is -0.178. The predicted molar refractivity (Wildman–Crippen MR) is 117 cm³/mol. The van der Waals surface area contributed by atoms with E-state index in [1.165, 1.54) is 11.8 Å². The molecule has 0 unspecified atom stereocenters. The van der Waals surface area contributed by atoms with E-state index in [-0.39, 0.29) is 11.7 Å². The van der Waals surface area contributed by atoms with Gasteiger partial charge in [-0.15, -0.1) is 10.2 Å². The number of nitrogens with zero attached hydrogens (tertiary/aromatic N) is 2. The Balaban J connectivity index is 1.28. The summed E-state index contributed by atoms with van der Waals surface area (Å²) in [5.41, 5.74) is 1.44. The molecule has 3 aromatic carbocycles. The number of hydrogen-bond acceptors (Lipinski definition) is 6. The molecule has 0 saturated carbocycles. The first kappa shape index (κ1) is 20.0. The highest BCUT2D eigenvalue weighted by atomic mass is 35.5. The fourth-order valence-electron chi connectivity index (χ4n) is 2.53. The van der Waals surface area contributed by atoms with E-state index < -0.39 is 0 Å². The van der Waals surface area contributed by atoms with Gasteiger partial charge in [0.25, 0.3) is 5.22 Å². The number of para-hydroxylation sites is 1. The van der Waals surface area contributed by atoms with Crippen molar-refractivity contribution in [2.24, 2.45) is 0 Å². The van der Waals surface area contributed by atoms with Crippen LogP contribution in [0.15, 0.2) is 88.5 Å². The molecule has 4 rings (SSSR count). The van der Waals surface area contributed by atoms with Gasteiger partial charge in [-0.05, 0) is 60.7 Å². The average Bonchev–Trinajstić information content (AvgIpc) is 3.24. The topological polar surface area (TPSA) is 77.2 Å². The molecule has 1 heterocycles. The van der Waals surface area contributed by atoms with Crippen LogP contribution in [0.25, 0.3) is 11.5 Å². The van der Waals surface area contributed by atoms with Crippen LogP contribution in [0.5, 0.6) is 11.5 Å². The largest absolute Gasteiger partial charge is 0.457 e. The van der Waals surface area contributed by atoms with E-state index in [9.17, 15) is 4.79 Å². The molecule has 0 spiro atoms. The maximum atomic E-state index is 12.2. The Morgan fingerprint density at radius 1 is 0.933 bits per heavy atom. The first-order valence-corrected chi connectivity index (χ1v) is 10.4. The molecule has 0 aliphatic rings. The lowest BCUT2D eigenvalue weighted by Gasteiger charge is -2.07. The van der Waals surface area contributed by atoms with Crippen molar-refractivity contribution in [2.45, 2.75) is 5.22 Å². The molecule has 6 nitrogen and oxygen atoms in total. The molecule has 150 valence electrons. The van der Waals surface area contributed by atoms with Gasteiger partial charge in [0.05, 0.1) is 5.75 Å². The van der Waals surface area contributed by atoms with Gasteiger partial charge in [0.15, 0.2) is 0 Å². The van der Waals surface area contributed by atoms with Gasteiger partial charge in [0.2, 0.25) is 11.8 Å². The molecule has 0 bridgehead atoms. The van der Waals surface area contributed by atoms with Crippen molar-refractivity contribution in [1.82, 2.24) is 10.2 Å². The molecule has 0 radical (unpaired) electrons. The van der Waals surface area contributed by atoms with Gasteiger partial charge in [-0.1, -0.05) is 41.6 Å². The lowest BCUT2D eigenvalue weighted by molar-refractivity contribution is -0.113. The van der Waals surface area contributed by atoms with Crippen molar-refractivity contribution in [3.05, 3.63) is 83.9 Å². The normalized spacial score (nSPS) is 10.6. The Labute approximate surface area is 182 Å². The molecule has 0 aliphatic carbocycles. The quantitative estimate of drug-likeness (QED) is 0.362. The molecule has 0 saturated heterocycles. The Morgan fingerprint density at radius 2 is 1.63 bits per heavy atom. The number of benzene rings is 3. The van der Waals surface area contributed by atoms with Crippen molar-refractivity contribution in [3.8, 4) is 23.0 Å². The summed E-state index contributed by atoms with van der Waals surface area (Å²) in [7, 11) is 0. The van der Waals surface area contributed by atoms with Crippen LogP contribution >= 0.6 is 23.4 Å². The molecular formula is C22H16ClN3O3S. The van der Waals surface area contributed by atoms with E-state index in [0.717, 1.165) is 11.3 Å². The van der Waals surface area contributed by atoms with E-state index in [0.29, 0.717) is 27.6 Å². The molecule has 8 heteroatoms. The third kappa shape index (κ3) is 5.40. The minimum Gasteiger partial charge on any atom is -0.457 e. The number of amides is 1. The Bertz CT molecular complexity index is 1120. The SMILES string of the molecule is O=C(CSc1nnc(-c2ccc(Cl)cc2)o1)Nc1ccc(Oc2ccccc2)cc1. The van der Waals surface area contributed by atoms with Gasteiger partial charge in [0, 0.05) is 16.3 Å². The fraction of sp³-hybridized carbons (Fsp3) is 0.0455. The Hall–Kier alpha value is -3.29. The van der Waals surface area contributed by atoms with Crippen molar-refractivity contribution in [1.29, 1.82) is 0 Å². The highest BCUT2D eigenvalue weighted by Gasteiger charge is 2.11. The summed E-state index contributed by atoms with van der Waals surface area (Å²) < 4.78 is 11.3. The summed E-state index contributed by atoms with van der Waals surface area (Å²) in [6.45, 7) is 0. The van der Waals surface area contributed by atoms with Crippen molar-refractivity contribution in [2.75, 3.05) is 11.1 Å². The third-order valence-corrected chi connectivity index (χ3v) is 5.01. The number of halogens is 1. The highest BCUT2D eigenvalue weighted by Crippen LogP contribution is 2.25. The number of hydrogen-bond donors (Lipinski definition) is 1. The monoisotopic (exact) mass is 437 g/mol. The lowest BCUT2D eigenvalue weighted by atomic mass is 10.2. The molecular weight excluding hydrogens is 422 g/mol. The minimum absolute atomic E-state index is 0.143. The van der Waals surface area contributed by atoms with Crippen molar-refractivity contribution in [3.63, 3.8) is 0 Å². The number of aromatic nitrogens is 2. The number of thioether (sulfide) groups is 1. The molecule has 1 aromatic heterocycles. The van der Waals surface area contributed by atoms with E-state index in [1.54, 1.807) is 48.5 Å². The summed E-state index contributed by atoms with van der Waals surface area (Å²) in [5, 5.41) is 11.7. The molecule has 1 amide bonds. The van der Waals surface area contributed by atoms with Crippen LogP contribution in [0, 0.1) is 0 Å². The smallest absolute Gasteiger partial charge is 0.277 e. The standard InChI is InChI=1S/C22H16ClN3O3S/c23-16-8-6-15(7-9-16)21-25-26-22(29-21)30-14-20(27)24-17-10-12-19(13-11-17)28-18-4-2-1-3-5-18/h1-13H,14H2,(H,24,27). The first-order chi connectivity index (χ1) is 14.7. The van der Waals surface area contributed by atoms with Crippen LogP contribution in [0.2, 0.25) is 5.02 Å². The number of ether oxygens (including phenoxy) is 1. The van der Waals surface area contributed by atoms with Gasteiger partial charge in [-0.25, -0.2) is 0 Å². The number of nitrogens with one attached hydrogen (secondary N) is 1. The van der Waals surface area contributed by atoms with Crippen LogP contribution in [-0.4, -0.2) is 21.9 Å². The Kier molecular flexibility index (Phi) is 6.32. The lowest BCUT2D eigenvalue weighted by Crippen LogP contribution is -2.13. The third-order valence-electron chi connectivity index (χ3n) is 3.94. The van der Waals surface area contributed by atoms with Crippen molar-refractivity contribution >= 4 is 35.0 Å². The zero-order valence-corrected chi connectivity index (χ0v) is 17.2. The van der Waals surface area contributed by atoms with Gasteiger partial charge < -0.3 is 14.5 Å². The van der Waals surface area contributed by atoms with Crippen molar-refractivity contribution < 1.29 is 13.9 Å². The zero-order chi connectivity index (χ0) is 20.8. The zero-order valence-electron chi connectivity index (χ0n) is 15.6. The number of carbonyl (C=O) groups excluding carboxylic acids is 1. The molecule has 4 aromatic rings. The van der Waals surface area contributed by atoms with Gasteiger partial charge >= 0.3 is 0 Å². The molecule has 1 N–H and O–H groups in total. The number of rotatable bonds is 7. The predicted octanol–water partition coefficient (Wildman–Crippen LogP) is 5.91. The molecule has 30 heavy (non-hydrogen) atoms. The summed E-state index contributed by atoms with van der Waals surface area (Å²) in [4.78, 5) is 12.2. The second kappa shape index (κ2) is 9.47. The fourth-order valence-corrected chi connectivity index (χ4v) is 3.22. The molecule has 0 atom stereocenters. The average molecular weight is 438 g/mol. The highest BCUT2D eigenvalue weighted by molar-refractivity contribution is 7.99. The van der Waals surface area contributed by atoms with Crippen LogP contribution < -0.4 is 10.1 Å². The second-order valence-electron chi connectivity index (χ2n) is 6.16. The van der Waals surface area contributed by atoms with Gasteiger partial charge in [-0.3, -0.25) is 4.79 Å². The molecule has 0 fully saturated rings. The number of carbonyl (C=O) groups is 1. The van der Waals surface area contributed by atoms with E-state index in [2.05, 4.69) is 15.5 Å². The summed E-state index contributed by atoms with van der Waals surface area (Å²) in [6, 6.07) is 23.7. The maximum Gasteiger partial charge on any atom is 0.277 e. The number of anilines is 1. The molecule has 0 aliphatic heterocycles. The first-order valence-electron chi connectivity index (χ1n) is 9.01. The van der Waals surface area contributed by atoms with E-state index in [1.807, 2.05) is 30.3 Å². The van der Waals surface area contributed by atoms with E-state index in [4.69, 9.17) is 20.8 Å². The summed E-state index contributed by atoms with van der Waals surface area (Å²) in [5.74, 6) is 1.79. The Morgan fingerprint density at radius 3 is 2.37 bits per heavy atom.